The van der Waals surface area contributed by atoms with Crippen LogP contribution in [-0.2, 0) is 17.4 Å². The molecule has 0 fully saturated rings. The molecule has 0 aliphatic carbocycles. The number of pyridine rings is 2. The van der Waals surface area contributed by atoms with Crippen molar-refractivity contribution in [3.8, 4) is 33.6 Å². The van der Waals surface area contributed by atoms with Crippen molar-refractivity contribution < 1.29 is 9.13 Å². The third kappa shape index (κ3) is 4.59. The van der Waals surface area contributed by atoms with Gasteiger partial charge in [0, 0.05) is 56.0 Å². The van der Waals surface area contributed by atoms with Gasteiger partial charge in [-0.05, 0) is 73.1 Å². The normalized spacial score (nSPS) is 21.0. The molecule has 0 amide bonds. The average molecular weight is 607 g/mol. The standard InChI is InChI=1S/C44H50N2/c1-7-10-18-33-24-25-39-37(29-33)41-23-16-17-32(5)46(41)43(6,8-2)44(39,9-3)27-26-40-35-21-14-15-22-36(35)42-28-31(4)38(30-45(40)42)34-19-12-11-13-20-34/h11-17,19-25,28-30,40H,7-10,18,26-27H2,1-6H3/q+2. The van der Waals surface area contributed by atoms with Gasteiger partial charge in [-0.3, -0.25) is 0 Å². The molecule has 4 heterocycles. The predicted octanol–water partition coefficient (Wildman–Crippen LogP) is 10.4. The van der Waals surface area contributed by atoms with Crippen LogP contribution in [0.5, 0.6) is 0 Å². The Morgan fingerprint density at radius 3 is 2.26 bits per heavy atom. The molecular weight excluding hydrogens is 556 g/mol. The molecule has 2 aromatic heterocycles. The van der Waals surface area contributed by atoms with Crippen molar-refractivity contribution in [2.24, 2.45) is 0 Å². The van der Waals surface area contributed by atoms with Crippen LogP contribution in [-0.4, -0.2) is 0 Å². The van der Waals surface area contributed by atoms with Gasteiger partial charge in [0.25, 0.3) is 0 Å². The zero-order chi connectivity index (χ0) is 32.1. The van der Waals surface area contributed by atoms with Crippen molar-refractivity contribution in [2.45, 2.75) is 103 Å². The van der Waals surface area contributed by atoms with Gasteiger partial charge in [0.15, 0.2) is 23.5 Å². The van der Waals surface area contributed by atoms with E-state index in [9.17, 15) is 0 Å². The number of aryl methyl sites for hydroxylation is 3. The Morgan fingerprint density at radius 2 is 1.50 bits per heavy atom. The highest BCUT2D eigenvalue weighted by molar-refractivity contribution is 5.71. The molecule has 0 saturated carbocycles. The summed E-state index contributed by atoms with van der Waals surface area (Å²) in [7, 11) is 0. The third-order valence-electron chi connectivity index (χ3n) is 11.9. The summed E-state index contributed by atoms with van der Waals surface area (Å²) in [6, 6.07) is 37.3. The van der Waals surface area contributed by atoms with E-state index in [0.29, 0.717) is 6.04 Å². The molecule has 0 bridgehead atoms. The highest BCUT2D eigenvalue weighted by Gasteiger charge is 2.59. The van der Waals surface area contributed by atoms with Crippen LogP contribution in [0.25, 0.3) is 33.6 Å². The van der Waals surface area contributed by atoms with Crippen LogP contribution in [0.1, 0.15) is 100 Å². The zero-order valence-corrected chi connectivity index (χ0v) is 28.7. The zero-order valence-electron chi connectivity index (χ0n) is 28.7. The Bertz CT molecular complexity index is 1900. The third-order valence-corrected chi connectivity index (χ3v) is 11.9. The summed E-state index contributed by atoms with van der Waals surface area (Å²) in [6.45, 7) is 14.3. The lowest BCUT2D eigenvalue weighted by atomic mass is 9.57. The number of rotatable bonds is 9. The predicted molar refractivity (Wildman–Crippen MR) is 191 cm³/mol. The van der Waals surface area contributed by atoms with Crippen LogP contribution in [0.3, 0.4) is 0 Å². The second-order valence-corrected chi connectivity index (χ2v) is 14.1. The van der Waals surface area contributed by atoms with E-state index >= 15 is 0 Å². The highest BCUT2D eigenvalue weighted by Crippen LogP contribution is 2.54. The van der Waals surface area contributed by atoms with Gasteiger partial charge < -0.3 is 0 Å². The maximum absolute atomic E-state index is 2.73. The minimum absolute atomic E-state index is 0.00460. The highest BCUT2D eigenvalue weighted by atomic mass is 15.1. The summed E-state index contributed by atoms with van der Waals surface area (Å²) < 4.78 is 5.33. The fourth-order valence-electron chi connectivity index (χ4n) is 9.30. The topological polar surface area (TPSA) is 7.76 Å². The Balaban J connectivity index is 1.37. The lowest BCUT2D eigenvalue weighted by Crippen LogP contribution is -2.69. The van der Waals surface area contributed by atoms with Crippen LogP contribution in [0.15, 0.2) is 103 Å². The fraction of sp³-hybridized carbons (Fsp3) is 0.364. The van der Waals surface area contributed by atoms with E-state index in [1.165, 1.54) is 68.9 Å². The number of fused-ring (bicyclic) bond motifs is 6. The van der Waals surface area contributed by atoms with Crippen molar-refractivity contribution in [3.05, 3.63) is 131 Å². The summed E-state index contributed by atoms with van der Waals surface area (Å²) in [5.41, 5.74) is 15.3. The van der Waals surface area contributed by atoms with E-state index in [-0.39, 0.29) is 11.0 Å². The van der Waals surface area contributed by atoms with Gasteiger partial charge in [-0.2, -0.15) is 9.13 Å². The number of hydrogen-bond acceptors (Lipinski definition) is 0. The SMILES string of the molecule is CCCCc1ccc2c(c1)-c1cccc(C)[n+]1C(C)(CC)C2(CC)CCC1c2ccccc2-c2cc(C)c(-c3ccccc3)c[n+]21. The molecule has 234 valence electrons. The van der Waals surface area contributed by atoms with Crippen molar-refractivity contribution in [1.29, 1.82) is 0 Å². The Morgan fingerprint density at radius 1 is 0.717 bits per heavy atom. The number of nitrogens with zero attached hydrogens (tertiary/aromatic N) is 2. The maximum atomic E-state index is 2.73. The van der Waals surface area contributed by atoms with Crippen molar-refractivity contribution in [1.82, 2.24) is 0 Å². The molecule has 3 unspecified atom stereocenters. The van der Waals surface area contributed by atoms with Crippen LogP contribution < -0.4 is 9.13 Å². The van der Waals surface area contributed by atoms with E-state index in [2.05, 4.69) is 154 Å². The molecule has 3 atom stereocenters. The monoisotopic (exact) mass is 606 g/mol. The minimum atomic E-state index is -0.0472. The molecule has 2 heteroatoms. The minimum Gasteiger partial charge on any atom is -0.191 e. The van der Waals surface area contributed by atoms with Crippen molar-refractivity contribution in [3.63, 3.8) is 0 Å². The first-order valence-corrected chi connectivity index (χ1v) is 17.7. The quantitative estimate of drug-likeness (QED) is 0.148. The van der Waals surface area contributed by atoms with Crippen molar-refractivity contribution in [2.75, 3.05) is 0 Å². The first-order valence-electron chi connectivity index (χ1n) is 17.7. The largest absolute Gasteiger partial charge is 0.213 e. The van der Waals surface area contributed by atoms with E-state index in [0.717, 1.165) is 32.1 Å². The van der Waals surface area contributed by atoms with Gasteiger partial charge in [-0.25, -0.2) is 0 Å². The smallest absolute Gasteiger partial charge is 0.191 e. The number of benzene rings is 3. The van der Waals surface area contributed by atoms with E-state index < -0.39 is 0 Å². The van der Waals surface area contributed by atoms with E-state index in [1.54, 1.807) is 5.56 Å². The van der Waals surface area contributed by atoms with E-state index in [1.807, 2.05) is 0 Å². The van der Waals surface area contributed by atoms with Crippen LogP contribution >= 0.6 is 0 Å². The van der Waals surface area contributed by atoms with Gasteiger partial charge in [0.2, 0.25) is 11.4 Å². The second-order valence-electron chi connectivity index (χ2n) is 14.1. The fourth-order valence-corrected chi connectivity index (χ4v) is 9.30. The summed E-state index contributed by atoms with van der Waals surface area (Å²) in [6.07, 6.45) is 10.5. The van der Waals surface area contributed by atoms with Crippen LogP contribution in [0.4, 0.5) is 0 Å². The summed E-state index contributed by atoms with van der Waals surface area (Å²) in [5.74, 6) is 0. The van der Waals surface area contributed by atoms with Gasteiger partial charge in [0.05, 0.1) is 16.5 Å². The molecule has 0 spiro atoms. The second kappa shape index (κ2) is 12.0. The first-order chi connectivity index (χ1) is 22.4. The van der Waals surface area contributed by atoms with Gasteiger partial charge in [-0.1, -0.05) is 87.9 Å². The molecule has 5 aromatic rings. The molecule has 0 saturated heterocycles. The number of aromatic nitrogens is 2. The van der Waals surface area contributed by atoms with E-state index in [4.69, 9.17) is 0 Å². The lowest BCUT2D eigenvalue weighted by molar-refractivity contribution is -0.771. The first kappa shape index (κ1) is 30.6. The molecule has 7 rings (SSSR count). The molecule has 3 aromatic carbocycles. The van der Waals surface area contributed by atoms with Gasteiger partial charge >= 0.3 is 0 Å². The average Bonchev–Trinajstić information content (AvgIpc) is 3.39. The molecule has 46 heavy (non-hydrogen) atoms. The van der Waals surface area contributed by atoms with Crippen LogP contribution in [0.2, 0.25) is 0 Å². The van der Waals surface area contributed by atoms with Gasteiger partial charge in [-0.15, -0.1) is 0 Å². The summed E-state index contributed by atoms with van der Waals surface area (Å²) in [5, 5.41) is 0. The lowest BCUT2D eigenvalue weighted by Gasteiger charge is -2.49. The van der Waals surface area contributed by atoms with Crippen LogP contribution in [0, 0.1) is 13.8 Å². The van der Waals surface area contributed by atoms with Crippen molar-refractivity contribution >= 4 is 0 Å². The molecular formula is C44H50N2+2. The molecule has 0 radical (unpaired) electrons. The Hall–Kier alpha value is -4.04. The molecule has 2 nitrogen and oxygen atoms in total. The van der Waals surface area contributed by atoms with Gasteiger partial charge in [0.1, 0.15) is 0 Å². The molecule has 0 N–H and O–H groups in total. The maximum Gasteiger partial charge on any atom is 0.213 e. The number of hydrogen-bond donors (Lipinski definition) is 0. The Kier molecular flexibility index (Phi) is 7.96. The summed E-state index contributed by atoms with van der Waals surface area (Å²) >= 11 is 0. The number of unbranched alkanes of at least 4 members (excludes halogenated alkanes) is 1. The summed E-state index contributed by atoms with van der Waals surface area (Å²) in [4.78, 5) is 0. The Labute approximate surface area is 276 Å². The molecule has 2 aliphatic heterocycles. The molecule has 2 aliphatic rings.